The van der Waals surface area contributed by atoms with Gasteiger partial charge in [0.15, 0.2) is 6.61 Å². The summed E-state index contributed by atoms with van der Waals surface area (Å²) in [5.41, 5.74) is 0. The van der Waals surface area contributed by atoms with Crippen LogP contribution in [0.15, 0.2) is 28.7 Å². The fourth-order valence-electron chi connectivity index (χ4n) is 2.16. The van der Waals surface area contributed by atoms with E-state index >= 15 is 0 Å². The number of aliphatic hydroxyl groups excluding tert-OH is 1. The highest BCUT2D eigenvalue weighted by atomic mass is 79.9. The van der Waals surface area contributed by atoms with Crippen molar-refractivity contribution in [3.05, 3.63) is 28.7 Å². The van der Waals surface area contributed by atoms with Crippen LogP contribution in [0.4, 0.5) is 0 Å². The Hall–Kier alpha value is -1.11. The van der Waals surface area contributed by atoms with Gasteiger partial charge in [-0.05, 0) is 18.2 Å². The molecule has 0 aliphatic carbocycles. The number of nitrogens with zero attached hydrogens (tertiary/aromatic N) is 2. The van der Waals surface area contributed by atoms with E-state index in [1.54, 1.807) is 0 Å². The van der Waals surface area contributed by atoms with Crippen LogP contribution in [-0.2, 0) is 4.79 Å². The number of rotatable bonds is 5. The zero-order chi connectivity index (χ0) is 14.4. The lowest BCUT2D eigenvalue weighted by atomic mass is 10.3. The topological polar surface area (TPSA) is 53.0 Å². The summed E-state index contributed by atoms with van der Waals surface area (Å²) in [4.78, 5) is 16.0. The van der Waals surface area contributed by atoms with E-state index in [0.717, 1.165) is 17.6 Å². The van der Waals surface area contributed by atoms with Crippen molar-refractivity contribution in [1.82, 2.24) is 9.80 Å². The van der Waals surface area contributed by atoms with E-state index in [4.69, 9.17) is 9.84 Å². The quantitative estimate of drug-likeness (QED) is 0.866. The molecule has 0 unspecified atom stereocenters. The Bertz CT molecular complexity index is 448. The molecule has 20 heavy (non-hydrogen) atoms. The third kappa shape index (κ3) is 4.47. The maximum Gasteiger partial charge on any atom is 0.260 e. The Balaban J connectivity index is 1.76. The SMILES string of the molecule is O=C(COc1cccc(Br)c1)N1CCN(CCO)CC1. The zero-order valence-corrected chi connectivity index (χ0v) is 12.9. The van der Waals surface area contributed by atoms with E-state index in [1.807, 2.05) is 29.2 Å². The van der Waals surface area contributed by atoms with Gasteiger partial charge in [-0.3, -0.25) is 9.69 Å². The number of carbonyl (C=O) groups excluding carboxylic acids is 1. The van der Waals surface area contributed by atoms with Crippen LogP contribution in [-0.4, -0.2) is 66.8 Å². The molecule has 5 nitrogen and oxygen atoms in total. The first kappa shape index (κ1) is 15.3. The molecule has 1 aliphatic rings. The molecule has 0 aromatic heterocycles. The summed E-state index contributed by atoms with van der Waals surface area (Å²) in [7, 11) is 0. The normalized spacial score (nSPS) is 16.2. The largest absolute Gasteiger partial charge is 0.484 e. The van der Waals surface area contributed by atoms with Crippen molar-refractivity contribution in [1.29, 1.82) is 0 Å². The van der Waals surface area contributed by atoms with E-state index in [9.17, 15) is 4.79 Å². The molecular weight excluding hydrogens is 324 g/mol. The highest BCUT2D eigenvalue weighted by Gasteiger charge is 2.20. The third-order valence-corrected chi connectivity index (χ3v) is 3.79. The minimum atomic E-state index is 0.00799. The van der Waals surface area contributed by atoms with Gasteiger partial charge in [-0.2, -0.15) is 0 Å². The second-order valence-corrected chi connectivity index (χ2v) is 5.61. The smallest absolute Gasteiger partial charge is 0.260 e. The zero-order valence-electron chi connectivity index (χ0n) is 11.3. The number of hydrogen-bond donors (Lipinski definition) is 1. The summed E-state index contributed by atoms with van der Waals surface area (Å²) in [5.74, 6) is 0.695. The standard InChI is InChI=1S/C14H19BrN2O3/c15-12-2-1-3-13(10-12)20-11-14(19)17-6-4-16(5-7-17)8-9-18/h1-3,10,18H,4-9,11H2. The second kappa shape index (κ2) is 7.61. The van der Waals surface area contributed by atoms with Gasteiger partial charge >= 0.3 is 0 Å². The van der Waals surface area contributed by atoms with Gasteiger partial charge < -0.3 is 14.7 Å². The Morgan fingerprint density at radius 3 is 2.70 bits per heavy atom. The summed E-state index contributed by atoms with van der Waals surface area (Å²) < 4.78 is 6.43. The summed E-state index contributed by atoms with van der Waals surface area (Å²) in [6.07, 6.45) is 0. The van der Waals surface area contributed by atoms with Crippen LogP contribution >= 0.6 is 15.9 Å². The molecule has 1 fully saturated rings. The molecule has 2 rings (SSSR count). The van der Waals surface area contributed by atoms with Crippen molar-refractivity contribution < 1.29 is 14.6 Å². The fraction of sp³-hybridized carbons (Fsp3) is 0.500. The molecule has 0 saturated carbocycles. The van der Waals surface area contributed by atoms with Crippen molar-refractivity contribution in [2.75, 3.05) is 45.9 Å². The van der Waals surface area contributed by atoms with E-state index in [-0.39, 0.29) is 19.1 Å². The van der Waals surface area contributed by atoms with Crippen LogP contribution < -0.4 is 4.74 Å². The van der Waals surface area contributed by atoms with E-state index in [2.05, 4.69) is 20.8 Å². The highest BCUT2D eigenvalue weighted by Crippen LogP contribution is 2.17. The van der Waals surface area contributed by atoms with Crippen LogP contribution in [0.3, 0.4) is 0 Å². The minimum Gasteiger partial charge on any atom is -0.484 e. The van der Waals surface area contributed by atoms with Crippen LogP contribution in [0.25, 0.3) is 0 Å². The maximum atomic E-state index is 12.0. The molecule has 0 radical (unpaired) electrons. The number of aliphatic hydroxyl groups is 1. The predicted molar refractivity (Wildman–Crippen MR) is 79.7 cm³/mol. The Morgan fingerprint density at radius 2 is 2.05 bits per heavy atom. The first-order chi connectivity index (χ1) is 9.69. The van der Waals surface area contributed by atoms with Crippen LogP contribution in [0.5, 0.6) is 5.75 Å². The van der Waals surface area contributed by atoms with Crippen LogP contribution in [0.2, 0.25) is 0 Å². The molecule has 1 saturated heterocycles. The predicted octanol–water partition coefficient (Wildman–Crippen LogP) is 0.964. The number of carbonyl (C=O) groups is 1. The van der Waals surface area contributed by atoms with E-state index < -0.39 is 0 Å². The molecule has 1 aliphatic heterocycles. The van der Waals surface area contributed by atoms with Crippen molar-refractivity contribution in [3.8, 4) is 5.75 Å². The molecule has 0 spiro atoms. The molecule has 1 amide bonds. The highest BCUT2D eigenvalue weighted by molar-refractivity contribution is 9.10. The maximum absolute atomic E-state index is 12.0. The first-order valence-electron chi connectivity index (χ1n) is 6.68. The number of ether oxygens (including phenoxy) is 1. The number of piperazine rings is 1. The Morgan fingerprint density at radius 1 is 1.30 bits per heavy atom. The molecule has 6 heteroatoms. The van der Waals surface area contributed by atoms with Crippen LogP contribution in [0.1, 0.15) is 0 Å². The van der Waals surface area contributed by atoms with E-state index in [0.29, 0.717) is 25.4 Å². The van der Waals surface area contributed by atoms with Crippen molar-refractivity contribution in [2.24, 2.45) is 0 Å². The molecule has 0 bridgehead atoms. The molecular formula is C14H19BrN2O3. The van der Waals surface area contributed by atoms with Gasteiger partial charge in [-0.25, -0.2) is 0 Å². The summed E-state index contributed by atoms with van der Waals surface area (Å²) in [6.45, 7) is 3.92. The summed E-state index contributed by atoms with van der Waals surface area (Å²) in [6, 6.07) is 7.45. The number of halogens is 1. The molecule has 1 N–H and O–H groups in total. The molecule has 1 aromatic carbocycles. The number of amides is 1. The van der Waals surface area contributed by atoms with Crippen molar-refractivity contribution in [3.63, 3.8) is 0 Å². The first-order valence-corrected chi connectivity index (χ1v) is 7.47. The van der Waals surface area contributed by atoms with Crippen molar-refractivity contribution in [2.45, 2.75) is 0 Å². The summed E-state index contributed by atoms with van der Waals surface area (Å²) in [5, 5.41) is 8.88. The molecule has 110 valence electrons. The second-order valence-electron chi connectivity index (χ2n) is 4.69. The van der Waals surface area contributed by atoms with Gasteiger partial charge in [-0.15, -0.1) is 0 Å². The molecule has 1 aromatic rings. The lowest BCUT2D eigenvalue weighted by Crippen LogP contribution is -2.50. The van der Waals surface area contributed by atoms with Gasteiger partial charge in [0.2, 0.25) is 0 Å². The van der Waals surface area contributed by atoms with E-state index in [1.165, 1.54) is 0 Å². The average molecular weight is 343 g/mol. The van der Waals surface area contributed by atoms with Gasteiger partial charge in [0.1, 0.15) is 5.75 Å². The van der Waals surface area contributed by atoms with Crippen molar-refractivity contribution >= 4 is 21.8 Å². The third-order valence-electron chi connectivity index (χ3n) is 3.30. The average Bonchev–Trinajstić information content (AvgIpc) is 2.46. The minimum absolute atomic E-state index is 0.00799. The number of hydrogen-bond acceptors (Lipinski definition) is 4. The number of benzene rings is 1. The van der Waals surface area contributed by atoms with Crippen LogP contribution in [0, 0.1) is 0 Å². The van der Waals surface area contributed by atoms with Gasteiger partial charge in [0.05, 0.1) is 6.61 Å². The van der Waals surface area contributed by atoms with Gasteiger partial charge in [-0.1, -0.05) is 22.0 Å². The van der Waals surface area contributed by atoms with Gasteiger partial charge in [0, 0.05) is 37.2 Å². The lowest BCUT2D eigenvalue weighted by Gasteiger charge is -2.34. The monoisotopic (exact) mass is 342 g/mol. The summed E-state index contributed by atoms with van der Waals surface area (Å²) >= 11 is 3.37. The fourth-order valence-corrected chi connectivity index (χ4v) is 2.53. The molecule has 1 heterocycles. The Labute approximate surface area is 127 Å². The van der Waals surface area contributed by atoms with Gasteiger partial charge in [0.25, 0.3) is 5.91 Å². The number of β-amino-alcohol motifs (C(OH)–C–C–N with tert-alkyl or cyclic N) is 1. The molecule has 0 atom stereocenters. The Kier molecular flexibility index (Phi) is 5.82. The lowest BCUT2D eigenvalue weighted by molar-refractivity contribution is -0.135.